The Morgan fingerprint density at radius 1 is 1.05 bits per heavy atom. The first kappa shape index (κ1) is 13.6. The lowest BCUT2D eigenvalue weighted by molar-refractivity contribution is 0.983. The molecule has 3 aromatic rings. The summed E-state index contributed by atoms with van der Waals surface area (Å²) < 4.78 is 0. The molecule has 0 atom stereocenters. The quantitative estimate of drug-likeness (QED) is 0.798. The molecule has 7 heteroatoms. The molecule has 0 aliphatic heterocycles. The molecule has 3 aromatic heterocycles. The van der Waals surface area contributed by atoms with Crippen molar-refractivity contribution in [1.82, 2.24) is 24.9 Å². The molecule has 0 saturated heterocycles. The lowest BCUT2D eigenvalue weighted by Gasteiger charge is -2.04. The molecule has 0 saturated carbocycles. The van der Waals surface area contributed by atoms with Crippen LogP contribution < -0.4 is 5.32 Å². The first-order valence-corrected chi connectivity index (χ1v) is 7.36. The van der Waals surface area contributed by atoms with E-state index in [2.05, 4.69) is 30.2 Å². The lowest BCUT2D eigenvalue weighted by Crippen LogP contribution is -2.05. The van der Waals surface area contributed by atoms with E-state index in [9.17, 15) is 0 Å². The Labute approximate surface area is 126 Å². The Morgan fingerprint density at radius 2 is 1.76 bits per heavy atom. The fourth-order valence-electron chi connectivity index (χ4n) is 1.88. The molecule has 21 heavy (non-hydrogen) atoms. The third-order valence-electron chi connectivity index (χ3n) is 2.72. The monoisotopic (exact) mass is 298 g/mol. The molecule has 0 aromatic carbocycles. The van der Waals surface area contributed by atoms with E-state index in [0.29, 0.717) is 18.3 Å². The number of hydrogen-bond acceptors (Lipinski definition) is 7. The average Bonchev–Trinajstić information content (AvgIpc) is 2.94. The van der Waals surface area contributed by atoms with E-state index < -0.39 is 0 Å². The normalized spacial score (nSPS) is 10.6. The van der Waals surface area contributed by atoms with Gasteiger partial charge in [-0.2, -0.15) is 0 Å². The van der Waals surface area contributed by atoms with Crippen LogP contribution in [0.25, 0.3) is 10.8 Å². The molecule has 0 radical (unpaired) electrons. The summed E-state index contributed by atoms with van der Waals surface area (Å²) in [6, 6.07) is 3.73. The van der Waals surface area contributed by atoms with Crippen LogP contribution in [0, 0.1) is 13.8 Å². The maximum atomic E-state index is 4.52. The van der Waals surface area contributed by atoms with Crippen LogP contribution in [0.3, 0.4) is 0 Å². The Balaban J connectivity index is 1.70. The van der Waals surface area contributed by atoms with E-state index in [1.807, 2.05) is 25.3 Å². The summed E-state index contributed by atoms with van der Waals surface area (Å²) in [7, 11) is 0. The van der Waals surface area contributed by atoms with Crippen LogP contribution in [0.1, 0.15) is 17.1 Å². The summed E-state index contributed by atoms with van der Waals surface area (Å²) in [5.74, 6) is 1.27. The van der Waals surface area contributed by atoms with Crippen LogP contribution in [-0.4, -0.2) is 24.9 Å². The first-order valence-electron chi connectivity index (χ1n) is 6.48. The summed E-state index contributed by atoms with van der Waals surface area (Å²) in [6.07, 6.45) is 3.43. The number of nitrogens with one attached hydrogen (secondary N) is 1. The van der Waals surface area contributed by atoms with E-state index >= 15 is 0 Å². The van der Waals surface area contributed by atoms with Gasteiger partial charge in [-0.05, 0) is 26.0 Å². The minimum Gasteiger partial charge on any atom is -0.349 e. The standard InChI is InChI=1S/C14H14N6S/c1-9-6-10(2)19-14(18-9)17-7-11-8-21-13(20-11)12-15-4-3-5-16-12/h3-6,8H,7H2,1-2H3,(H,17,18,19). The summed E-state index contributed by atoms with van der Waals surface area (Å²) >= 11 is 1.53. The second-order valence-electron chi connectivity index (χ2n) is 4.54. The van der Waals surface area contributed by atoms with Crippen molar-refractivity contribution in [3.05, 3.63) is 47.0 Å². The number of aryl methyl sites for hydroxylation is 2. The molecule has 6 nitrogen and oxygen atoms in total. The fourth-order valence-corrected chi connectivity index (χ4v) is 2.64. The number of hydrogen-bond donors (Lipinski definition) is 1. The predicted molar refractivity (Wildman–Crippen MR) is 82.0 cm³/mol. The van der Waals surface area contributed by atoms with E-state index in [1.54, 1.807) is 18.5 Å². The molecule has 3 heterocycles. The molecule has 0 unspecified atom stereocenters. The molecular weight excluding hydrogens is 284 g/mol. The van der Waals surface area contributed by atoms with Crippen LogP contribution in [0.4, 0.5) is 5.95 Å². The molecule has 0 aliphatic carbocycles. The maximum absolute atomic E-state index is 4.52. The van der Waals surface area contributed by atoms with Crippen molar-refractivity contribution in [1.29, 1.82) is 0 Å². The lowest BCUT2D eigenvalue weighted by atomic mass is 10.3. The molecule has 0 aliphatic rings. The molecule has 106 valence electrons. The Bertz CT molecular complexity index is 720. The smallest absolute Gasteiger partial charge is 0.223 e. The van der Waals surface area contributed by atoms with Gasteiger partial charge in [0.15, 0.2) is 10.8 Å². The molecule has 0 bridgehead atoms. The van der Waals surface area contributed by atoms with Gasteiger partial charge in [-0.25, -0.2) is 24.9 Å². The van der Waals surface area contributed by atoms with Gasteiger partial charge < -0.3 is 5.32 Å². The second kappa shape index (κ2) is 5.92. The van der Waals surface area contributed by atoms with Crippen molar-refractivity contribution in [3.8, 4) is 10.8 Å². The zero-order valence-electron chi connectivity index (χ0n) is 11.7. The molecular formula is C14H14N6S. The van der Waals surface area contributed by atoms with Gasteiger partial charge in [-0.3, -0.25) is 0 Å². The van der Waals surface area contributed by atoms with Gasteiger partial charge in [0.1, 0.15) is 0 Å². The van der Waals surface area contributed by atoms with Crippen LogP contribution in [0.2, 0.25) is 0 Å². The van der Waals surface area contributed by atoms with Gasteiger partial charge in [0, 0.05) is 29.2 Å². The third kappa shape index (κ3) is 3.38. The molecule has 0 fully saturated rings. The number of anilines is 1. The van der Waals surface area contributed by atoms with E-state index in [0.717, 1.165) is 22.1 Å². The van der Waals surface area contributed by atoms with Crippen LogP contribution >= 0.6 is 11.3 Å². The fraction of sp³-hybridized carbons (Fsp3) is 0.214. The SMILES string of the molecule is Cc1cc(C)nc(NCc2csc(-c3ncccn3)n2)n1. The van der Waals surface area contributed by atoms with Gasteiger partial charge in [0.25, 0.3) is 0 Å². The van der Waals surface area contributed by atoms with Crippen molar-refractivity contribution >= 4 is 17.3 Å². The summed E-state index contributed by atoms with van der Waals surface area (Å²) in [6.45, 7) is 4.48. The van der Waals surface area contributed by atoms with Crippen molar-refractivity contribution in [3.63, 3.8) is 0 Å². The largest absolute Gasteiger partial charge is 0.349 e. The number of aromatic nitrogens is 5. The highest BCUT2D eigenvalue weighted by Gasteiger charge is 2.07. The number of nitrogens with zero attached hydrogens (tertiary/aromatic N) is 5. The Kier molecular flexibility index (Phi) is 3.83. The van der Waals surface area contributed by atoms with Gasteiger partial charge in [0.2, 0.25) is 5.95 Å². The highest BCUT2D eigenvalue weighted by atomic mass is 32.1. The van der Waals surface area contributed by atoms with E-state index in [4.69, 9.17) is 0 Å². The highest BCUT2D eigenvalue weighted by molar-refractivity contribution is 7.13. The first-order chi connectivity index (χ1) is 10.2. The minimum atomic E-state index is 0.576. The van der Waals surface area contributed by atoms with Crippen molar-refractivity contribution in [2.24, 2.45) is 0 Å². The molecule has 0 spiro atoms. The average molecular weight is 298 g/mol. The van der Waals surface area contributed by atoms with Crippen molar-refractivity contribution in [2.75, 3.05) is 5.32 Å². The van der Waals surface area contributed by atoms with Crippen molar-refractivity contribution < 1.29 is 0 Å². The summed E-state index contributed by atoms with van der Waals surface area (Å²) in [5, 5.41) is 5.99. The van der Waals surface area contributed by atoms with E-state index in [-0.39, 0.29) is 0 Å². The number of thiazole rings is 1. The Hall–Kier alpha value is -2.41. The Morgan fingerprint density at radius 3 is 2.48 bits per heavy atom. The van der Waals surface area contributed by atoms with E-state index in [1.165, 1.54) is 11.3 Å². The molecule has 3 rings (SSSR count). The van der Waals surface area contributed by atoms with Gasteiger partial charge in [-0.1, -0.05) is 0 Å². The molecule has 0 amide bonds. The summed E-state index contributed by atoms with van der Waals surface area (Å²) in [5.41, 5.74) is 2.81. The zero-order chi connectivity index (χ0) is 14.7. The van der Waals surface area contributed by atoms with Crippen LogP contribution in [-0.2, 0) is 6.54 Å². The van der Waals surface area contributed by atoms with Crippen LogP contribution in [0.15, 0.2) is 29.9 Å². The predicted octanol–water partition coefficient (Wildman–Crippen LogP) is 2.62. The number of rotatable bonds is 4. The summed E-state index contributed by atoms with van der Waals surface area (Å²) in [4.78, 5) is 21.6. The topological polar surface area (TPSA) is 76.5 Å². The molecule has 1 N–H and O–H groups in total. The third-order valence-corrected chi connectivity index (χ3v) is 3.61. The van der Waals surface area contributed by atoms with Gasteiger partial charge >= 0.3 is 0 Å². The second-order valence-corrected chi connectivity index (χ2v) is 5.40. The zero-order valence-corrected chi connectivity index (χ0v) is 12.6. The van der Waals surface area contributed by atoms with Gasteiger partial charge in [0.05, 0.1) is 12.2 Å². The highest BCUT2D eigenvalue weighted by Crippen LogP contribution is 2.19. The van der Waals surface area contributed by atoms with Gasteiger partial charge in [-0.15, -0.1) is 11.3 Å². The van der Waals surface area contributed by atoms with Crippen molar-refractivity contribution in [2.45, 2.75) is 20.4 Å². The minimum absolute atomic E-state index is 0.576. The van der Waals surface area contributed by atoms with Crippen LogP contribution in [0.5, 0.6) is 0 Å². The maximum Gasteiger partial charge on any atom is 0.223 e.